The predicted octanol–water partition coefficient (Wildman–Crippen LogP) is 3.47. The highest BCUT2D eigenvalue weighted by molar-refractivity contribution is 6.01. The highest BCUT2D eigenvalue weighted by Gasteiger charge is 2.26. The van der Waals surface area contributed by atoms with Crippen molar-refractivity contribution in [2.75, 3.05) is 11.4 Å². The Morgan fingerprint density at radius 2 is 1.89 bits per heavy atom. The Hall–Kier alpha value is -3.21. The number of rotatable bonds is 3. The van der Waals surface area contributed by atoms with Crippen LogP contribution in [0.15, 0.2) is 42.5 Å². The summed E-state index contributed by atoms with van der Waals surface area (Å²) < 4.78 is 0. The van der Waals surface area contributed by atoms with Crippen LogP contribution in [0.4, 0.5) is 5.69 Å². The molecule has 0 fully saturated rings. The number of pyridine rings is 1. The SMILES string of the molecule is Cc1nc2ccccc2c(C)c1CC(=O)N1CCCc2c(C(N)=O)cccc21. The smallest absolute Gasteiger partial charge is 0.249 e. The average molecular weight is 373 g/mol. The predicted molar refractivity (Wildman–Crippen MR) is 111 cm³/mol. The zero-order valence-electron chi connectivity index (χ0n) is 16.2. The van der Waals surface area contributed by atoms with Crippen LogP contribution in [-0.2, 0) is 17.6 Å². The van der Waals surface area contributed by atoms with Gasteiger partial charge in [0.25, 0.3) is 0 Å². The van der Waals surface area contributed by atoms with Gasteiger partial charge in [-0.15, -0.1) is 0 Å². The van der Waals surface area contributed by atoms with Gasteiger partial charge < -0.3 is 10.6 Å². The number of para-hydroxylation sites is 1. The molecule has 0 atom stereocenters. The summed E-state index contributed by atoms with van der Waals surface area (Å²) in [4.78, 5) is 31.5. The number of aryl methyl sites for hydroxylation is 2. The maximum Gasteiger partial charge on any atom is 0.249 e. The molecule has 1 aliphatic heterocycles. The fraction of sp³-hybridized carbons (Fsp3) is 0.261. The Morgan fingerprint density at radius 1 is 1.11 bits per heavy atom. The van der Waals surface area contributed by atoms with Crippen molar-refractivity contribution in [3.8, 4) is 0 Å². The number of fused-ring (bicyclic) bond motifs is 2. The van der Waals surface area contributed by atoms with E-state index in [4.69, 9.17) is 5.73 Å². The minimum absolute atomic E-state index is 0.0193. The van der Waals surface area contributed by atoms with Crippen LogP contribution >= 0.6 is 0 Å². The molecule has 0 saturated heterocycles. The molecule has 0 bridgehead atoms. The van der Waals surface area contributed by atoms with E-state index in [9.17, 15) is 9.59 Å². The van der Waals surface area contributed by atoms with Crippen molar-refractivity contribution >= 4 is 28.4 Å². The largest absolute Gasteiger partial charge is 0.366 e. The van der Waals surface area contributed by atoms with Crippen molar-refractivity contribution in [1.82, 2.24) is 4.98 Å². The van der Waals surface area contributed by atoms with Crippen LogP contribution in [0.5, 0.6) is 0 Å². The topological polar surface area (TPSA) is 76.3 Å². The van der Waals surface area contributed by atoms with Gasteiger partial charge in [-0.25, -0.2) is 0 Å². The molecule has 142 valence electrons. The summed E-state index contributed by atoms with van der Waals surface area (Å²) in [7, 11) is 0. The lowest BCUT2D eigenvalue weighted by Gasteiger charge is -2.31. The first-order valence-corrected chi connectivity index (χ1v) is 9.54. The van der Waals surface area contributed by atoms with Crippen molar-refractivity contribution in [3.05, 3.63) is 70.4 Å². The molecule has 0 aliphatic carbocycles. The van der Waals surface area contributed by atoms with Crippen molar-refractivity contribution in [3.63, 3.8) is 0 Å². The van der Waals surface area contributed by atoms with E-state index in [1.54, 1.807) is 17.0 Å². The van der Waals surface area contributed by atoms with Crippen LogP contribution in [0, 0.1) is 13.8 Å². The standard InChI is InChI=1S/C23H23N3O2/c1-14-16-7-3-4-10-20(16)25-15(2)19(14)13-22(27)26-12-6-9-17-18(23(24)28)8-5-11-21(17)26/h3-5,7-8,10-11H,6,9,12-13H2,1-2H3,(H2,24,28). The number of amides is 2. The first-order chi connectivity index (χ1) is 13.5. The number of aromatic nitrogens is 1. The molecule has 2 heterocycles. The summed E-state index contributed by atoms with van der Waals surface area (Å²) in [6.07, 6.45) is 1.86. The summed E-state index contributed by atoms with van der Waals surface area (Å²) in [6, 6.07) is 13.4. The van der Waals surface area contributed by atoms with Crippen LogP contribution < -0.4 is 10.6 Å². The van der Waals surface area contributed by atoms with E-state index < -0.39 is 5.91 Å². The van der Waals surface area contributed by atoms with Crippen LogP contribution in [-0.4, -0.2) is 23.3 Å². The number of hydrogen-bond donors (Lipinski definition) is 1. The maximum absolute atomic E-state index is 13.2. The summed E-state index contributed by atoms with van der Waals surface area (Å²) in [5, 5.41) is 1.07. The Kier molecular flexibility index (Phi) is 4.59. The van der Waals surface area contributed by atoms with Crippen LogP contribution in [0.2, 0.25) is 0 Å². The van der Waals surface area contributed by atoms with Gasteiger partial charge >= 0.3 is 0 Å². The molecule has 1 aliphatic rings. The minimum Gasteiger partial charge on any atom is -0.366 e. The van der Waals surface area contributed by atoms with Crippen molar-refractivity contribution in [2.24, 2.45) is 5.73 Å². The van der Waals surface area contributed by atoms with Gasteiger partial charge in [0, 0.05) is 28.9 Å². The highest BCUT2D eigenvalue weighted by atomic mass is 16.2. The van der Waals surface area contributed by atoms with Gasteiger partial charge in [0.2, 0.25) is 11.8 Å². The van der Waals surface area contributed by atoms with Crippen molar-refractivity contribution in [1.29, 1.82) is 0 Å². The number of primary amides is 1. The van der Waals surface area contributed by atoms with Gasteiger partial charge in [-0.05, 0) is 61.6 Å². The summed E-state index contributed by atoms with van der Waals surface area (Å²) in [6.45, 7) is 4.65. The molecule has 2 N–H and O–H groups in total. The number of carbonyl (C=O) groups excluding carboxylic acids is 2. The first kappa shape index (κ1) is 18.2. The third-order valence-corrected chi connectivity index (χ3v) is 5.63. The van der Waals surface area contributed by atoms with Crippen LogP contribution in [0.1, 0.15) is 39.2 Å². The fourth-order valence-corrected chi connectivity index (χ4v) is 4.19. The third-order valence-electron chi connectivity index (χ3n) is 5.63. The Bertz CT molecular complexity index is 1100. The van der Waals surface area contributed by atoms with E-state index in [2.05, 4.69) is 11.9 Å². The van der Waals surface area contributed by atoms with E-state index in [1.165, 1.54) is 0 Å². The molecule has 3 aromatic rings. The van der Waals surface area contributed by atoms with Crippen LogP contribution in [0.3, 0.4) is 0 Å². The Labute approximate surface area is 164 Å². The van der Waals surface area contributed by atoms with Crippen molar-refractivity contribution < 1.29 is 9.59 Å². The van der Waals surface area contributed by atoms with E-state index >= 15 is 0 Å². The summed E-state index contributed by atoms with van der Waals surface area (Å²) in [5.74, 6) is -0.428. The molecular weight excluding hydrogens is 350 g/mol. The van der Waals surface area contributed by atoms with Gasteiger partial charge in [-0.3, -0.25) is 14.6 Å². The lowest BCUT2D eigenvalue weighted by Crippen LogP contribution is -2.37. The quantitative estimate of drug-likeness (QED) is 0.764. The van der Waals surface area contributed by atoms with Gasteiger partial charge in [0.15, 0.2) is 0 Å². The van der Waals surface area contributed by atoms with E-state index in [0.29, 0.717) is 12.1 Å². The molecule has 5 heteroatoms. The molecular formula is C23H23N3O2. The van der Waals surface area contributed by atoms with Gasteiger partial charge in [-0.1, -0.05) is 24.3 Å². The zero-order valence-corrected chi connectivity index (χ0v) is 16.2. The minimum atomic E-state index is -0.448. The van der Waals surface area contributed by atoms with E-state index in [-0.39, 0.29) is 12.3 Å². The number of nitrogens with two attached hydrogens (primary N) is 1. The molecule has 0 saturated carbocycles. The van der Waals surface area contributed by atoms with Crippen LogP contribution in [0.25, 0.3) is 10.9 Å². The van der Waals surface area contributed by atoms with Crippen molar-refractivity contribution in [2.45, 2.75) is 33.1 Å². The second-order valence-electron chi connectivity index (χ2n) is 7.31. The van der Waals surface area contributed by atoms with Gasteiger partial charge in [0.1, 0.15) is 0 Å². The summed E-state index contributed by atoms with van der Waals surface area (Å²) in [5.41, 5.74) is 11.6. The molecule has 2 amide bonds. The second kappa shape index (κ2) is 7.08. The van der Waals surface area contributed by atoms with Gasteiger partial charge in [0.05, 0.1) is 11.9 Å². The molecule has 0 unspecified atom stereocenters. The molecule has 1 aromatic heterocycles. The summed E-state index contributed by atoms with van der Waals surface area (Å²) >= 11 is 0. The monoisotopic (exact) mass is 373 g/mol. The zero-order chi connectivity index (χ0) is 19.8. The molecule has 5 nitrogen and oxygen atoms in total. The molecule has 0 spiro atoms. The Balaban J connectivity index is 1.71. The number of nitrogens with zero attached hydrogens (tertiary/aromatic N) is 2. The number of anilines is 1. The first-order valence-electron chi connectivity index (χ1n) is 9.54. The van der Waals surface area contributed by atoms with Gasteiger partial charge in [-0.2, -0.15) is 0 Å². The second-order valence-corrected chi connectivity index (χ2v) is 7.31. The fourth-order valence-electron chi connectivity index (χ4n) is 4.19. The number of benzene rings is 2. The molecule has 4 rings (SSSR count). The van der Waals surface area contributed by atoms with E-state index in [1.807, 2.05) is 37.3 Å². The molecule has 2 aromatic carbocycles. The van der Waals surface area contributed by atoms with E-state index in [0.717, 1.165) is 51.8 Å². The average Bonchev–Trinajstić information content (AvgIpc) is 2.70. The highest BCUT2D eigenvalue weighted by Crippen LogP contribution is 2.31. The third kappa shape index (κ3) is 3.03. The normalized spacial score (nSPS) is 13.4. The molecule has 28 heavy (non-hydrogen) atoms. The molecule has 0 radical (unpaired) electrons. The Morgan fingerprint density at radius 3 is 2.68 bits per heavy atom. The lowest BCUT2D eigenvalue weighted by atomic mass is 9.94. The maximum atomic E-state index is 13.2. The lowest BCUT2D eigenvalue weighted by molar-refractivity contribution is -0.118. The number of hydrogen-bond acceptors (Lipinski definition) is 3. The number of carbonyl (C=O) groups is 2.